The molecule has 0 aliphatic heterocycles. The maximum Gasteiger partial charge on any atom is 0.410 e. The predicted molar refractivity (Wildman–Crippen MR) is 88.7 cm³/mol. The number of nitrogens with one attached hydrogen (secondary N) is 1. The van der Waals surface area contributed by atoms with Crippen LogP contribution in [0.25, 0.3) is 0 Å². The Bertz CT molecular complexity index is 543. The van der Waals surface area contributed by atoms with Crippen molar-refractivity contribution in [3.63, 3.8) is 0 Å². The number of amides is 1. The van der Waals surface area contributed by atoms with Crippen LogP contribution in [-0.2, 0) is 23.9 Å². The third-order valence-electron chi connectivity index (χ3n) is 2.86. The maximum atomic E-state index is 11.8. The Labute approximate surface area is 141 Å². The van der Waals surface area contributed by atoms with Gasteiger partial charge in [-0.1, -0.05) is 0 Å². The molecule has 1 N–H and O–H groups in total. The van der Waals surface area contributed by atoms with Crippen LogP contribution in [0.4, 0.5) is 4.79 Å². The van der Waals surface area contributed by atoms with E-state index in [9.17, 15) is 19.2 Å². The molecule has 24 heavy (non-hydrogen) atoms. The largest absolute Gasteiger partial charge is 0.425 e. The van der Waals surface area contributed by atoms with Gasteiger partial charge < -0.3 is 14.8 Å². The van der Waals surface area contributed by atoms with Gasteiger partial charge in [-0.2, -0.15) is 0 Å². The molecule has 0 saturated heterocycles. The number of rotatable bonds is 8. The van der Waals surface area contributed by atoms with Gasteiger partial charge in [0.2, 0.25) is 12.1 Å². The third kappa shape index (κ3) is 8.85. The summed E-state index contributed by atoms with van der Waals surface area (Å²) in [6, 6.07) is -0.884. The molecule has 0 aromatic heterocycles. The first-order chi connectivity index (χ1) is 11.0. The van der Waals surface area contributed by atoms with E-state index in [0.29, 0.717) is 0 Å². The van der Waals surface area contributed by atoms with E-state index in [4.69, 9.17) is 9.47 Å². The molecule has 1 unspecified atom stereocenters. The lowest BCUT2D eigenvalue weighted by Crippen LogP contribution is -2.42. The minimum atomic E-state index is -1.11. The van der Waals surface area contributed by atoms with E-state index in [1.165, 1.54) is 13.8 Å². The van der Waals surface area contributed by atoms with Crippen LogP contribution >= 0.6 is 0 Å². The topological polar surface area (TPSA) is 113 Å². The number of nitrogens with zero attached hydrogens (tertiary/aromatic N) is 1. The summed E-state index contributed by atoms with van der Waals surface area (Å²) in [4.78, 5) is 46.3. The molecule has 0 aliphatic carbocycles. The summed E-state index contributed by atoms with van der Waals surface area (Å²) in [7, 11) is 0. The molecule has 8 nitrogen and oxygen atoms in total. The van der Waals surface area contributed by atoms with Crippen molar-refractivity contribution in [1.82, 2.24) is 9.98 Å². The highest BCUT2D eigenvalue weighted by Crippen LogP contribution is 2.16. The SMILES string of the molecule is C=[N+]=CC(=O)CC[C@H](NC(=O)OC(C)OC(=O)C(C)(C)C)C(C)=O. The van der Waals surface area contributed by atoms with Gasteiger partial charge in [0, 0.05) is 13.3 Å². The zero-order valence-corrected chi connectivity index (χ0v) is 14.8. The first-order valence-corrected chi connectivity index (χ1v) is 7.48. The van der Waals surface area contributed by atoms with Gasteiger partial charge in [-0.05, 0) is 34.1 Å². The summed E-state index contributed by atoms with van der Waals surface area (Å²) in [5.74, 6) is -1.16. The molecule has 0 rings (SSSR count). The fourth-order valence-electron chi connectivity index (χ4n) is 1.51. The quantitative estimate of drug-likeness (QED) is 0.302. The van der Waals surface area contributed by atoms with Crippen molar-refractivity contribution in [2.45, 2.75) is 59.8 Å². The molecule has 0 aromatic carbocycles. The lowest BCUT2D eigenvalue weighted by atomic mass is 9.97. The van der Waals surface area contributed by atoms with Gasteiger partial charge >= 0.3 is 18.3 Å². The molecular formula is C16H25N2O6+. The Morgan fingerprint density at radius 1 is 1.21 bits per heavy atom. The summed E-state index contributed by atoms with van der Waals surface area (Å²) in [5.41, 5.74) is -0.730. The summed E-state index contributed by atoms with van der Waals surface area (Å²) >= 11 is 0. The lowest BCUT2D eigenvalue weighted by Gasteiger charge is -2.22. The van der Waals surface area contributed by atoms with E-state index in [-0.39, 0.29) is 24.4 Å². The molecule has 8 heteroatoms. The van der Waals surface area contributed by atoms with Crippen molar-refractivity contribution in [2.75, 3.05) is 0 Å². The van der Waals surface area contributed by atoms with Crippen LogP contribution in [0.2, 0.25) is 0 Å². The van der Waals surface area contributed by atoms with Gasteiger partial charge in [0.1, 0.15) is 0 Å². The Balaban J connectivity index is 4.52. The normalized spacial score (nSPS) is 13.0. The van der Waals surface area contributed by atoms with E-state index in [1.54, 1.807) is 20.8 Å². The summed E-state index contributed by atoms with van der Waals surface area (Å²) < 4.78 is 13.2. The Hall–Kier alpha value is -2.47. The van der Waals surface area contributed by atoms with Crippen molar-refractivity contribution in [3.8, 4) is 0 Å². The van der Waals surface area contributed by atoms with Crippen molar-refractivity contribution in [2.24, 2.45) is 5.41 Å². The second-order valence-corrected chi connectivity index (χ2v) is 6.25. The van der Waals surface area contributed by atoms with Crippen LogP contribution in [0, 0.1) is 5.41 Å². The number of Topliss-reactive ketones (excluding diaryl/α,β-unsaturated/α-hetero) is 2. The van der Waals surface area contributed by atoms with Crippen LogP contribution < -0.4 is 9.98 Å². The van der Waals surface area contributed by atoms with Gasteiger partial charge in [0.25, 0.3) is 6.72 Å². The van der Waals surface area contributed by atoms with E-state index >= 15 is 0 Å². The van der Waals surface area contributed by atoms with Crippen LogP contribution in [-0.4, -0.2) is 48.9 Å². The molecule has 0 bridgehead atoms. The molecule has 0 aromatic rings. The fraction of sp³-hybridized carbons (Fsp3) is 0.625. The lowest BCUT2D eigenvalue weighted by molar-refractivity contribution is -0.174. The predicted octanol–water partition coefficient (Wildman–Crippen LogP) is 0.793. The van der Waals surface area contributed by atoms with Crippen LogP contribution in [0.5, 0.6) is 0 Å². The average Bonchev–Trinajstić information content (AvgIpc) is 2.41. The fourth-order valence-corrected chi connectivity index (χ4v) is 1.51. The molecule has 0 saturated carbocycles. The minimum Gasteiger partial charge on any atom is -0.425 e. The molecular weight excluding hydrogens is 316 g/mol. The first-order valence-electron chi connectivity index (χ1n) is 7.48. The molecule has 0 spiro atoms. The van der Waals surface area contributed by atoms with E-state index in [2.05, 4.69) is 16.7 Å². The summed E-state index contributed by atoms with van der Waals surface area (Å²) in [5, 5.41) is 2.34. The summed E-state index contributed by atoms with van der Waals surface area (Å²) in [6.45, 7) is 10.8. The van der Waals surface area contributed by atoms with Gasteiger partial charge in [-0.3, -0.25) is 14.4 Å². The number of esters is 1. The zero-order valence-electron chi connectivity index (χ0n) is 14.8. The highest BCUT2D eigenvalue weighted by Gasteiger charge is 2.27. The Morgan fingerprint density at radius 2 is 1.79 bits per heavy atom. The standard InChI is InChI=1S/C16H24N2O6/c1-10(19)13(8-7-12(20)9-17-6)18-15(22)24-11(2)23-14(21)16(3,4)5/h9,11,13H,6-8H2,1-5H3/p+1/t11?,13-/m0/s1. The number of alkyl carbamates (subject to hydrolysis) is 1. The van der Waals surface area contributed by atoms with Crippen LogP contribution in [0.3, 0.4) is 0 Å². The van der Waals surface area contributed by atoms with Crippen LogP contribution in [0.15, 0.2) is 0 Å². The molecule has 0 radical (unpaired) electrons. The van der Waals surface area contributed by atoms with E-state index < -0.39 is 29.8 Å². The van der Waals surface area contributed by atoms with Crippen LogP contribution in [0.1, 0.15) is 47.5 Å². The number of ketones is 2. The Morgan fingerprint density at radius 3 is 2.25 bits per heavy atom. The minimum absolute atomic E-state index is 0.0259. The second kappa shape index (κ2) is 9.62. The molecule has 0 fully saturated rings. The smallest absolute Gasteiger partial charge is 0.410 e. The highest BCUT2D eigenvalue weighted by atomic mass is 16.7. The third-order valence-corrected chi connectivity index (χ3v) is 2.86. The second-order valence-electron chi connectivity index (χ2n) is 6.25. The molecule has 1 amide bonds. The molecule has 0 heterocycles. The number of carbonyl (C=O) groups is 4. The average molecular weight is 341 g/mol. The molecule has 0 aliphatic rings. The Kier molecular flexibility index (Phi) is 8.63. The van der Waals surface area contributed by atoms with Gasteiger partial charge in [-0.15, -0.1) is 4.67 Å². The van der Waals surface area contributed by atoms with Gasteiger partial charge in [0.15, 0.2) is 5.78 Å². The number of hydrogen-bond acceptors (Lipinski definition) is 6. The molecule has 2 atom stereocenters. The monoisotopic (exact) mass is 341 g/mol. The summed E-state index contributed by atoms with van der Waals surface area (Å²) in [6.07, 6.45) is -0.848. The zero-order chi connectivity index (χ0) is 18.9. The van der Waals surface area contributed by atoms with Gasteiger partial charge in [-0.25, -0.2) is 4.79 Å². The number of carbonyl (C=O) groups excluding carboxylic acids is 4. The van der Waals surface area contributed by atoms with Gasteiger partial charge in [0.05, 0.1) is 11.5 Å². The maximum absolute atomic E-state index is 11.8. The highest BCUT2D eigenvalue weighted by molar-refractivity contribution is 6.27. The number of ether oxygens (including phenoxy) is 2. The van der Waals surface area contributed by atoms with Crippen molar-refractivity contribution >= 4 is 36.6 Å². The van der Waals surface area contributed by atoms with Crippen molar-refractivity contribution in [1.29, 1.82) is 0 Å². The first kappa shape index (κ1) is 21.5. The van der Waals surface area contributed by atoms with E-state index in [0.717, 1.165) is 6.21 Å². The number of hydrogen-bond donors (Lipinski definition) is 1. The molecule has 134 valence electrons. The van der Waals surface area contributed by atoms with E-state index in [1.807, 2.05) is 0 Å². The van der Waals surface area contributed by atoms with Crippen molar-refractivity contribution in [3.05, 3.63) is 0 Å². The van der Waals surface area contributed by atoms with Crippen molar-refractivity contribution < 1.29 is 28.7 Å².